The fourth-order valence-corrected chi connectivity index (χ4v) is 4.76. The lowest BCUT2D eigenvalue weighted by Gasteiger charge is -2.35. The highest BCUT2D eigenvalue weighted by Crippen LogP contribution is 2.28. The molecule has 1 fully saturated rings. The number of nitrogens with one attached hydrogen (secondary N) is 1. The van der Waals surface area contributed by atoms with E-state index in [0.717, 1.165) is 47.0 Å². The summed E-state index contributed by atoms with van der Waals surface area (Å²) in [6.07, 6.45) is 10.3. The van der Waals surface area contributed by atoms with Crippen LogP contribution in [0.3, 0.4) is 0 Å². The molecule has 0 radical (unpaired) electrons. The molecule has 33 heavy (non-hydrogen) atoms. The molecule has 5 rings (SSSR count). The van der Waals surface area contributed by atoms with Crippen LogP contribution in [0.25, 0.3) is 11.4 Å². The standard InChI is InChI=1S/C24H26FN7O/c1-16-13-31(25)15-30-14-18(29-23(16)30)12-19-6-3-4-11-32(19)24(33)21-20(8-7-17(2)28-21)22-26-9-5-10-27-22/h5,7-10,13-14,19H,3-4,6,11-12,15H2,1-2H3/p+1/t19-/m0/s1. The zero-order chi connectivity index (χ0) is 22.9. The van der Waals surface area contributed by atoms with Crippen molar-refractivity contribution in [2.75, 3.05) is 13.2 Å². The first-order valence-corrected chi connectivity index (χ1v) is 11.3. The Morgan fingerprint density at radius 3 is 2.85 bits per heavy atom. The van der Waals surface area contributed by atoms with Gasteiger partial charge in [0.2, 0.25) is 5.84 Å². The normalized spacial score (nSPS) is 22.5. The predicted octanol–water partition coefficient (Wildman–Crippen LogP) is 2.43. The van der Waals surface area contributed by atoms with Gasteiger partial charge in [0.15, 0.2) is 12.5 Å². The molecule has 3 aliphatic heterocycles. The van der Waals surface area contributed by atoms with Gasteiger partial charge >= 0.3 is 0 Å². The summed E-state index contributed by atoms with van der Waals surface area (Å²) in [6, 6.07) is 5.51. The molecule has 1 unspecified atom stereocenters. The average Bonchev–Trinajstić information content (AvgIpc) is 3.22. The first-order valence-electron chi connectivity index (χ1n) is 11.3. The Morgan fingerprint density at radius 2 is 2.03 bits per heavy atom. The van der Waals surface area contributed by atoms with Crippen LogP contribution < -0.4 is 4.90 Å². The lowest BCUT2D eigenvalue weighted by molar-refractivity contribution is -0.764. The van der Waals surface area contributed by atoms with Gasteiger partial charge < -0.3 is 4.90 Å². The topological polar surface area (TPSA) is 79.0 Å². The number of halogens is 1. The number of hydrogen-bond acceptors (Lipinski definition) is 6. The number of carbonyl (C=O) groups is 1. The molecule has 2 aromatic heterocycles. The lowest BCUT2D eigenvalue weighted by atomic mass is 9.97. The van der Waals surface area contributed by atoms with Crippen LogP contribution in [0.15, 0.2) is 59.3 Å². The molecule has 2 aromatic rings. The zero-order valence-electron chi connectivity index (χ0n) is 18.8. The number of aryl methyl sites for hydroxylation is 1. The Bertz CT molecular complexity index is 1160. The third kappa shape index (κ3) is 4.28. The molecule has 1 saturated heterocycles. The van der Waals surface area contributed by atoms with Crippen molar-refractivity contribution < 1.29 is 14.2 Å². The Kier molecular flexibility index (Phi) is 5.72. The van der Waals surface area contributed by atoms with Crippen LogP contribution in [0.4, 0.5) is 4.48 Å². The number of nitrogens with zero attached hydrogens (tertiary/aromatic N) is 6. The van der Waals surface area contributed by atoms with Crippen molar-refractivity contribution >= 4 is 11.7 Å². The third-order valence-corrected chi connectivity index (χ3v) is 6.31. The van der Waals surface area contributed by atoms with Crippen LogP contribution in [-0.2, 0) is 0 Å². The number of amides is 1. The highest BCUT2D eigenvalue weighted by atomic mass is 19.2. The summed E-state index contributed by atoms with van der Waals surface area (Å²) >= 11 is 0. The van der Waals surface area contributed by atoms with E-state index in [-0.39, 0.29) is 18.6 Å². The van der Waals surface area contributed by atoms with Crippen LogP contribution >= 0.6 is 0 Å². The molecule has 1 N–H and O–H groups in total. The van der Waals surface area contributed by atoms with E-state index in [1.807, 2.05) is 37.1 Å². The van der Waals surface area contributed by atoms with Gasteiger partial charge in [-0.3, -0.25) is 4.79 Å². The van der Waals surface area contributed by atoms with Crippen LogP contribution in [0, 0.1) is 6.92 Å². The summed E-state index contributed by atoms with van der Waals surface area (Å²) < 4.78 is 13.8. The van der Waals surface area contributed by atoms with E-state index in [1.165, 1.54) is 6.20 Å². The van der Waals surface area contributed by atoms with Crippen LogP contribution in [0.1, 0.15) is 48.8 Å². The van der Waals surface area contributed by atoms with E-state index in [9.17, 15) is 9.28 Å². The quantitative estimate of drug-likeness (QED) is 0.727. The number of aromatic nitrogens is 3. The van der Waals surface area contributed by atoms with Gasteiger partial charge in [-0.2, -0.15) is 10.1 Å². The number of likely N-dealkylation sites (tertiary alicyclic amines) is 1. The first kappa shape index (κ1) is 21.4. The number of fused-ring (bicyclic) bond motifs is 1. The zero-order valence-corrected chi connectivity index (χ0v) is 18.8. The molecule has 0 saturated carbocycles. The van der Waals surface area contributed by atoms with Gasteiger partial charge in [-0.1, -0.05) is 4.48 Å². The van der Waals surface area contributed by atoms with Crippen molar-refractivity contribution in [3.05, 3.63) is 65.7 Å². The van der Waals surface area contributed by atoms with Gasteiger partial charge in [0.25, 0.3) is 5.91 Å². The molecule has 0 aliphatic carbocycles. The number of hydrogen-bond donors (Lipinski definition) is 1. The summed E-state index contributed by atoms with van der Waals surface area (Å²) in [5.41, 5.74) is 3.51. The minimum atomic E-state index is -0.104. The summed E-state index contributed by atoms with van der Waals surface area (Å²) in [6.45, 7) is 4.63. The van der Waals surface area contributed by atoms with Crippen molar-refractivity contribution in [3.8, 4) is 11.4 Å². The molecule has 2 atom stereocenters. The van der Waals surface area contributed by atoms with Crippen molar-refractivity contribution in [3.63, 3.8) is 0 Å². The highest BCUT2D eigenvalue weighted by molar-refractivity contribution is 5.98. The molecule has 170 valence electrons. The van der Waals surface area contributed by atoms with Gasteiger partial charge in [0, 0.05) is 48.9 Å². The summed E-state index contributed by atoms with van der Waals surface area (Å²) in [5, 5.41) is 0.691. The molecular weight excluding hydrogens is 421 g/mol. The van der Waals surface area contributed by atoms with Gasteiger partial charge in [0.1, 0.15) is 17.6 Å². The maximum Gasteiger partial charge on any atom is 0.273 e. The molecule has 1 amide bonds. The number of carbonyl (C=O) groups excluding carboxylic acids is 1. The van der Waals surface area contributed by atoms with E-state index in [2.05, 4.69) is 15.0 Å². The summed E-state index contributed by atoms with van der Waals surface area (Å²) in [5.74, 6) is 1.25. The van der Waals surface area contributed by atoms with Crippen LogP contribution in [0.2, 0.25) is 0 Å². The van der Waals surface area contributed by atoms with Crippen molar-refractivity contribution in [2.24, 2.45) is 4.99 Å². The molecule has 9 heteroatoms. The largest absolute Gasteiger partial charge is 0.334 e. The lowest BCUT2D eigenvalue weighted by Crippen LogP contribution is -3.11. The second-order valence-corrected chi connectivity index (χ2v) is 8.76. The number of rotatable bonds is 4. The smallest absolute Gasteiger partial charge is 0.273 e. The minimum Gasteiger partial charge on any atom is -0.334 e. The molecule has 0 aromatic carbocycles. The van der Waals surface area contributed by atoms with Crippen molar-refractivity contribution in [1.82, 2.24) is 25.0 Å². The van der Waals surface area contributed by atoms with Gasteiger partial charge in [-0.25, -0.2) is 19.9 Å². The molecule has 5 heterocycles. The fourth-order valence-electron chi connectivity index (χ4n) is 4.76. The Hall–Kier alpha value is -3.46. The van der Waals surface area contributed by atoms with E-state index in [1.54, 1.807) is 18.5 Å². The predicted molar refractivity (Wildman–Crippen MR) is 121 cm³/mol. The third-order valence-electron chi connectivity index (χ3n) is 6.31. The highest BCUT2D eigenvalue weighted by Gasteiger charge is 2.35. The second kappa shape index (κ2) is 8.82. The number of amidine groups is 1. The molecule has 3 aliphatic rings. The Morgan fingerprint density at radius 1 is 1.21 bits per heavy atom. The van der Waals surface area contributed by atoms with Crippen molar-refractivity contribution in [2.45, 2.75) is 45.6 Å². The minimum absolute atomic E-state index is 0.0141. The number of quaternary nitrogens is 1. The summed E-state index contributed by atoms with van der Waals surface area (Å²) in [4.78, 5) is 34.6. The maximum absolute atomic E-state index is 13.8. The molecule has 8 nitrogen and oxygen atoms in total. The van der Waals surface area contributed by atoms with Gasteiger partial charge in [-0.15, -0.1) is 0 Å². The monoisotopic (exact) mass is 448 g/mol. The Labute approximate surface area is 192 Å². The summed E-state index contributed by atoms with van der Waals surface area (Å²) in [7, 11) is 0. The fraction of sp³-hybridized carbons (Fsp3) is 0.375. The van der Waals surface area contributed by atoms with E-state index < -0.39 is 0 Å². The SMILES string of the molecule is CC1=CN(F)C[NH+]2C=C(C[C@@H]3CCCCN3C(=O)c3nc(C)ccc3-c3ncccn3)N=C12. The molecular formula is C24H27FN7O+. The average molecular weight is 449 g/mol. The Balaban J connectivity index is 1.41. The second-order valence-electron chi connectivity index (χ2n) is 8.76. The van der Waals surface area contributed by atoms with Crippen LogP contribution in [0.5, 0.6) is 0 Å². The van der Waals surface area contributed by atoms with Gasteiger partial charge in [0.05, 0.1) is 5.56 Å². The number of piperidine rings is 1. The van der Waals surface area contributed by atoms with E-state index >= 15 is 0 Å². The molecule has 0 bridgehead atoms. The number of aliphatic imine (C=N–C) groups is 1. The van der Waals surface area contributed by atoms with Gasteiger partial charge in [-0.05, 0) is 51.3 Å². The van der Waals surface area contributed by atoms with E-state index in [4.69, 9.17) is 4.99 Å². The van der Waals surface area contributed by atoms with E-state index in [0.29, 0.717) is 35.2 Å². The first-order chi connectivity index (χ1) is 16.0. The molecule has 0 spiro atoms. The maximum atomic E-state index is 13.8. The van der Waals surface area contributed by atoms with Crippen LogP contribution in [-0.4, -0.2) is 56.0 Å². The number of pyridine rings is 1. The van der Waals surface area contributed by atoms with Crippen molar-refractivity contribution in [1.29, 1.82) is 0 Å².